The number of nitrogens with zero attached hydrogens (tertiary/aromatic N) is 4. The molecule has 4 rings (SSSR count). The van der Waals surface area contributed by atoms with E-state index in [1.54, 1.807) is 20.3 Å². The number of aryl methyl sites for hydroxylation is 1. The van der Waals surface area contributed by atoms with Gasteiger partial charge in [-0.2, -0.15) is 0 Å². The van der Waals surface area contributed by atoms with Crippen LogP contribution in [0.4, 0.5) is 15.9 Å². The highest BCUT2D eigenvalue weighted by Crippen LogP contribution is 2.31. The summed E-state index contributed by atoms with van der Waals surface area (Å²) in [7, 11) is 5.26. The van der Waals surface area contributed by atoms with Crippen molar-refractivity contribution in [2.75, 3.05) is 59.4 Å². The van der Waals surface area contributed by atoms with E-state index in [1.807, 2.05) is 56.7 Å². The van der Waals surface area contributed by atoms with Crippen LogP contribution in [-0.4, -0.2) is 79.7 Å². The van der Waals surface area contributed by atoms with E-state index in [4.69, 9.17) is 21.1 Å². The molecular weight excluding hydrogens is 557 g/mol. The number of anilines is 2. The SMILES string of the molecule is CC.CC.CCCc1cc(OC)cc2ncnc(Nc3ccc(F)c(Cl)c3)c12.COCCN(C)CC(=O)N1CCCC1. The molecule has 0 radical (unpaired) electrons. The lowest BCUT2D eigenvalue weighted by Crippen LogP contribution is -2.38. The van der Waals surface area contributed by atoms with Gasteiger partial charge in [-0.15, -0.1) is 0 Å². The van der Waals surface area contributed by atoms with Crippen molar-refractivity contribution >= 4 is 39.9 Å². The summed E-state index contributed by atoms with van der Waals surface area (Å²) in [5.41, 5.74) is 2.56. The molecule has 3 aromatic rings. The number of likely N-dealkylation sites (tertiary alicyclic amines) is 1. The number of carbonyl (C=O) groups excluding carboxylic acids is 1. The Balaban J connectivity index is 0.000000419. The molecule has 1 amide bonds. The average molecular weight is 606 g/mol. The topological polar surface area (TPSA) is 79.8 Å². The quantitative estimate of drug-likeness (QED) is 0.258. The molecule has 0 spiro atoms. The molecule has 2 heterocycles. The van der Waals surface area contributed by atoms with Gasteiger partial charge in [-0.3, -0.25) is 9.69 Å². The fourth-order valence-electron chi connectivity index (χ4n) is 4.26. The number of hydrogen-bond donors (Lipinski definition) is 1. The number of amides is 1. The van der Waals surface area contributed by atoms with Crippen LogP contribution in [0.5, 0.6) is 5.75 Å². The maximum atomic E-state index is 13.3. The second-order valence-corrected chi connectivity index (χ2v) is 9.63. The van der Waals surface area contributed by atoms with Crippen molar-refractivity contribution in [3.8, 4) is 5.75 Å². The van der Waals surface area contributed by atoms with Crippen molar-refractivity contribution in [1.29, 1.82) is 0 Å². The predicted molar refractivity (Wildman–Crippen MR) is 173 cm³/mol. The van der Waals surface area contributed by atoms with E-state index in [-0.39, 0.29) is 10.9 Å². The fourth-order valence-corrected chi connectivity index (χ4v) is 4.44. The van der Waals surface area contributed by atoms with Crippen LogP contribution in [0.3, 0.4) is 0 Å². The summed E-state index contributed by atoms with van der Waals surface area (Å²) >= 11 is 5.85. The van der Waals surface area contributed by atoms with Gasteiger partial charge in [0.25, 0.3) is 0 Å². The molecule has 8 nitrogen and oxygen atoms in total. The van der Waals surface area contributed by atoms with E-state index >= 15 is 0 Å². The Kier molecular flexibility index (Phi) is 18.3. The molecule has 1 fully saturated rings. The number of benzene rings is 2. The number of rotatable bonds is 10. The first-order valence-corrected chi connectivity index (χ1v) is 15.2. The van der Waals surface area contributed by atoms with E-state index in [0.717, 1.165) is 67.5 Å². The van der Waals surface area contributed by atoms with Crippen molar-refractivity contribution in [2.45, 2.75) is 60.3 Å². The third-order valence-corrected chi connectivity index (χ3v) is 6.56. The zero-order valence-electron chi connectivity index (χ0n) is 26.6. The van der Waals surface area contributed by atoms with Crippen LogP contribution >= 0.6 is 11.6 Å². The number of ether oxygens (including phenoxy) is 2. The van der Waals surface area contributed by atoms with Crippen molar-refractivity contribution in [1.82, 2.24) is 19.8 Å². The van der Waals surface area contributed by atoms with Gasteiger partial charge in [0.2, 0.25) is 5.91 Å². The Morgan fingerprint density at radius 1 is 1.10 bits per heavy atom. The molecule has 42 heavy (non-hydrogen) atoms. The van der Waals surface area contributed by atoms with E-state index in [0.29, 0.717) is 24.7 Å². The monoisotopic (exact) mass is 605 g/mol. The summed E-state index contributed by atoms with van der Waals surface area (Å²) in [6, 6.07) is 8.35. The third kappa shape index (κ3) is 11.7. The minimum Gasteiger partial charge on any atom is -0.497 e. The second kappa shape index (κ2) is 20.8. The molecule has 0 bridgehead atoms. The minimum absolute atomic E-state index is 0.0637. The molecule has 0 saturated carbocycles. The van der Waals surface area contributed by atoms with Crippen LogP contribution in [0.15, 0.2) is 36.7 Å². The molecule has 234 valence electrons. The molecule has 1 aliphatic heterocycles. The van der Waals surface area contributed by atoms with Gasteiger partial charge in [0.05, 0.1) is 30.8 Å². The summed E-state index contributed by atoms with van der Waals surface area (Å²) in [5.74, 6) is 1.22. The first-order chi connectivity index (χ1) is 20.4. The Bertz CT molecular complexity index is 1210. The van der Waals surface area contributed by atoms with Crippen LogP contribution in [0.25, 0.3) is 10.9 Å². The lowest BCUT2D eigenvalue weighted by molar-refractivity contribution is -0.131. The fraction of sp³-hybridized carbons (Fsp3) is 0.531. The van der Waals surface area contributed by atoms with Crippen molar-refractivity contribution < 1.29 is 18.7 Å². The standard InChI is InChI=1S/C18H17ClFN3O.C10H20N2O2.2C2H6/c1-3-4-11-7-13(24-2)9-16-17(11)18(22-10-21-16)23-12-5-6-15(20)14(19)8-12;1-11(7-8-14-2)9-10(13)12-5-3-4-6-12;2*1-2/h5-10H,3-4H2,1-2H3,(H,21,22,23);3-9H2,1-2H3;2*1-2H3. The van der Waals surface area contributed by atoms with Gasteiger partial charge in [0.15, 0.2) is 0 Å². The molecule has 2 aromatic carbocycles. The van der Waals surface area contributed by atoms with E-state index in [9.17, 15) is 9.18 Å². The highest BCUT2D eigenvalue weighted by atomic mass is 35.5. The summed E-state index contributed by atoms with van der Waals surface area (Å²) in [6.45, 7) is 14.0. The zero-order chi connectivity index (χ0) is 31.5. The van der Waals surface area contributed by atoms with Gasteiger partial charge in [-0.05, 0) is 56.1 Å². The lowest BCUT2D eigenvalue weighted by atomic mass is 10.0. The highest BCUT2D eigenvalue weighted by molar-refractivity contribution is 6.31. The van der Waals surface area contributed by atoms with Gasteiger partial charge in [0, 0.05) is 43.9 Å². The Hall–Kier alpha value is -3.01. The summed E-state index contributed by atoms with van der Waals surface area (Å²) in [4.78, 5) is 24.3. The number of fused-ring (bicyclic) bond motifs is 1. The Morgan fingerprint density at radius 3 is 2.38 bits per heavy atom. The normalized spacial score (nSPS) is 12.0. The molecule has 0 unspecified atom stereocenters. The van der Waals surface area contributed by atoms with Gasteiger partial charge in [-0.1, -0.05) is 52.6 Å². The summed E-state index contributed by atoms with van der Waals surface area (Å²) in [6.07, 6.45) is 5.67. The summed E-state index contributed by atoms with van der Waals surface area (Å²) < 4.78 is 23.6. The zero-order valence-corrected chi connectivity index (χ0v) is 27.4. The first kappa shape index (κ1) is 37.0. The molecule has 10 heteroatoms. The van der Waals surface area contributed by atoms with Crippen molar-refractivity contribution in [3.05, 3.63) is 53.1 Å². The Morgan fingerprint density at radius 2 is 1.79 bits per heavy atom. The van der Waals surface area contributed by atoms with Crippen LogP contribution in [0.2, 0.25) is 5.02 Å². The number of likely N-dealkylation sites (N-methyl/N-ethyl adjacent to an activating group) is 1. The first-order valence-electron chi connectivity index (χ1n) is 14.8. The number of hydrogen-bond acceptors (Lipinski definition) is 7. The van der Waals surface area contributed by atoms with Gasteiger partial charge < -0.3 is 19.7 Å². The molecule has 1 aromatic heterocycles. The minimum atomic E-state index is -0.453. The van der Waals surface area contributed by atoms with E-state index in [2.05, 4.69) is 22.2 Å². The van der Waals surface area contributed by atoms with E-state index in [1.165, 1.54) is 18.5 Å². The second-order valence-electron chi connectivity index (χ2n) is 9.23. The van der Waals surface area contributed by atoms with Crippen molar-refractivity contribution in [2.24, 2.45) is 0 Å². The third-order valence-electron chi connectivity index (χ3n) is 6.27. The van der Waals surface area contributed by atoms with Gasteiger partial charge >= 0.3 is 0 Å². The molecule has 1 aliphatic rings. The maximum absolute atomic E-state index is 13.3. The highest BCUT2D eigenvalue weighted by Gasteiger charge is 2.18. The van der Waals surface area contributed by atoms with E-state index < -0.39 is 5.82 Å². The maximum Gasteiger partial charge on any atom is 0.236 e. The molecule has 0 aliphatic carbocycles. The number of nitrogens with one attached hydrogen (secondary N) is 1. The van der Waals surface area contributed by atoms with Gasteiger partial charge in [-0.25, -0.2) is 14.4 Å². The number of carbonyl (C=O) groups is 1. The predicted octanol–water partition coefficient (Wildman–Crippen LogP) is 7.37. The summed E-state index contributed by atoms with van der Waals surface area (Å²) in [5, 5.41) is 4.20. The molecule has 0 atom stereocenters. The largest absolute Gasteiger partial charge is 0.497 e. The number of halogens is 2. The lowest BCUT2D eigenvalue weighted by Gasteiger charge is -2.20. The van der Waals surface area contributed by atoms with Crippen LogP contribution < -0.4 is 10.1 Å². The smallest absolute Gasteiger partial charge is 0.236 e. The van der Waals surface area contributed by atoms with Crippen LogP contribution in [0, 0.1) is 5.82 Å². The molecule has 1 saturated heterocycles. The number of methoxy groups -OCH3 is 2. The van der Waals surface area contributed by atoms with Crippen molar-refractivity contribution in [3.63, 3.8) is 0 Å². The molecular formula is C32H49ClFN5O3. The van der Waals surface area contributed by atoms with Gasteiger partial charge in [0.1, 0.15) is 23.7 Å². The molecule has 1 N–H and O–H groups in total. The average Bonchev–Trinajstić information content (AvgIpc) is 3.56. The van der Waals surface area contributed by atoms with Crippen LogP contribution in [0.1, 0.15) is 59.4 Å². The number of aromatic nitrogens is 2. The Labute approximate surface area is 256 Å². The van der Waals surface area contributed by atoms with Crippen LogP contribution in [-0.2, 0) is 16.0 Å².